The monoisotopic (exact) mass is 218 g/mol. The molecule has 2 rings (SSSR count). The lowest BCUT2D eigenvalue weighted by atomic mass is 10.1. The predicted molar refractivity (Wildman–Crippen MR) is 58.4 cm³/mol. The number of rotatable bonds is 4. The molecule has 1 atom stereocenters. The Kier molecular flexibility index (Phi) is 3.21. The summed E-state index contributed by atoms with van der Waals surface area (Å²) in [5.41, 5.74) is 7.93. The van der Waals surface area contributed by atoms with Gasteiger partial charge in [-0.25, -0.2) is 4.68 Å². The minimum atomic E-state index is -0.253. The van der Waals surface area contributed by atoms with Gasteiger partial charge in [0, 0.05) is 12.7 Å². The molecule has 0 saturated carbocycles. The molecular formula is C10H14N6. The summed E-state index contributed by atoms with van der Waals surface area (Å²) in [5.74, 6) is 0. The van der Waals surface area contributed by atoms with E-state index in [1.165, 1.54) is 0 Å². The van der Waals surface area contributed by atoms with E-state index in [-0.39, 0.29) is 6.04 Å². The Morgan fingerprint density at radius 2 is 2.19 bits per heavy atom. The molecule has 0 aliphatic carbocycles. The van der Waals surface area contributed by atoms with Crippen LogP contribution in [0.3, 0.4) is 0 Å². The van der Waals surface area contributed by atoms with E-state index < -0.39 is 0 Å². The molecule has 0 aliphatic heterocycles. The van der Waals surface area contributed by atoms with Gasteiger partial charge >= 0.3 is 0 Å². The molecule has 0 saturated heterocycles. The van der Waals surface area contributed by atoms with Gasteiger partial charge in [0.2, 0.25) is 0 Å². The fraction of sp³-hybridized carbons (Fsp3) is 0.400. The molecule has 2 aromatic heterocycles. The van der Waals surface area contributed by atoms with Crippen molar-refractivity contribution in [2.75, 3.05) is 0 Å². The van der Waals surface area contributed by atoms with Gasteiger partial charge in [-0.1, -0.05) is 12.1 Å². The first-order valence-electron chi connectivity index (χ1n) is 5.23. The van der Waals surface area contributed by atoms with Crippen molar-refractivity contribution < 1.29 is 0 Å². The maximum Gasteiger partial charge on any atom is 0.0800 e. The van der Waals surface area contributed by atoms with Crippen molar-refractivity contribution >= 4 is 0 Å². The fourth-order valence-electron chi connectivity index (χ4n) is 1.55. The minimum absolute atomic E-state index is 0.253. The van der Waals surface area contributed by atoms with Crippen LogP contribution in [0.25, 0.3) is 0 Å². The van der Waals surface area contributed by atoms with Crippen molar-refractivity contribution in [1.29, 1.82) is 0 Å². The van der Waals surface area contributed by atoms with Gasteiger partial charge in [0.05, 0.1) is 24.1 Å². The maximum atomic E-state index is 6.12. The molecule has 0 fully saturated rings. The van der Waals surface area contributed by atoms with Crippen LogP contribution in [0.2, 0.25) is 0 Å². The second-order valence-electron chi connectivity index (χ2n) is 3.54. The first kappa shape index (κ1) is 10.7. The fourth-order valence-corrected chi connectivity index (χ4v) is 1.55. The van der Waals surface area contributed by atoms with Crippen molar-refractivity contribution in [2.45, 2.75) is 25.9 Å². The largest absolute Gasteiger partial charge is 0.319 e. The van der Waals surface area contributed by atoms with Crippen molar-refractivity contribution in [3.63, 3.8) is 0 Å². The number of aryl methyl sites for hydroxylation is 1. The molecule has 0 amide bonds. The normalized spacial score (nSPS) is 12.6. The SMILES string of the molecule is CCCn1nncc1C(N)c1ccnnc1. The summed E-state index contributed by atoms with van der Waals surface area (Å²) in [6.07, 6.45) is 5.98. The zero-order chi connectivity index (χ0) is 11.4. The third kappa shape index (κ3) is 2.06. The molecule has 0 aromatic carbocycles. The molecule has 2 aromatic rings. The molecule has 84 valence electrons. The van der Waals surface area contributed by atoms with Crippen molar-refractivity contribution in [2.24, 2.45) is 5.73 Å². The van der Waals surface area contributed by atoms with Crippen LogP contribution in [0, 0.1) is 0 Å². The Morgan fingerprint density at radius 3 is 2.88 bits per heavy atom. The topological polar surface area (TPSA) is 82.5 Å². The Balaban J connectivity index is 2.27. The van der Waals surface area contributed by atoms with Gasteiger partial charge in [0.15, 0.2) is 0 Å². The van der Waals surface area contributed by atoms with E-state index in [0.717, 1.165) is 24.2 Å². The summed E-state index contributed by atoms with van der Waals surface area (Å²) in [4.78, 5) is 0. The first-order valence-corrected chi connectivity index (χ1v) is 5.23. The predicted octanol–water partition coefficient (Wildman–Crippen LogP) is 0.526. The van der Waals surface area contributed by atoms with Gasteiger partial charge in [-0.3, -0.25) is 0 Å². The summed E-state index contributed by atoms with van der Waals surface area (Å²) in [6.45, 7) is 2.91. The Labute approximate surface area is 93.5 Å². The van der Waals surface area contributed by atoms with Crippen LogP contribution >= 0.6 is 0 Å². The van der Waals surface area contributed by atoms with Crippen LogP contribution in [0.15, 0.2) is 24.7 Å². The van der Waals surface area contributed by atoms with Crippen LogP contribution in [0.5, 0.6) is 0 Å². The minimum Gasteiger partial charge on any atom is -0.319 e. The van der Waals surface area contributed by atoms with Gasteiger partial charge in [-0.15, -0.1) is 5.10 Å². The zero-order valence-electron chi connectivity index (χ0n) is 9.11. The smallest absolute Gasteiger partial charge is 0.0800 e. The van der Waals surface area contributed by atoms with Crippen LogP contribution in [0.4, 0.5) is 0 Å². The number of hydrogen-bond acceptors (Lipinski definition) is 5. The van der Waals surface area contributed by atoms with E-state index in [2.05, 4.69) is 27.4 Å². The molecule has 0 bridgehead atoms. The van der Waals surface area contributed by atoms with Crippen LogP contribution in [-0.2, 0) is 6.54 Å². The van der Waals surface area contributed by atoms with Gasteiger partial charge < -0.3 is 5.73 Å². The quantitative estimate of drug-likeness (QED) is 0.809. The first-order chi connectivity index (χ1) is 7.83. The highest BCUT2D eigenvalue weighted by molar-refractivity contribution is 5.21. The van der Waals surface area contributed by atoms with Crippen LogP contribution < -0.4 is 5.73 Å². The van der Waals surface area contributed by atoms with Crippen LogP contribution in [0.1, 0.15) is 30.6 Å². The second-order valence-corrected chi connectivity index (χ2v) is 3.54. The lowest BCUT2D eigenvalue weighted by molar-refractivity contribution is 0.543. The van der Waals surface area contributed by atoms with E-state index in [9.17, 15) is 0 Å². The molecule has 0 spiro atoms. The standard InChI is InChI=1S/C10H14N6/c1-2-5-16-9(7-14-15-16)10(11)8-3-4-12-13-6-8/h3-4,6-7,10H,2,5,11H2,1H3. The number of hydrogen-bond donors (Lipinski definition) is 1. The van der Waals surface area contributed by atoms with E-state index in [4.69, 9.17) is 5.73 Å². The molecule has 6 nitrogen and oxygen atoms in total. The van der Waals surface area contributed by atoms with Crippen molar-refractivity contribution in [3.05, 3.63) is 35.9 Å². The van der Waals surface area contributed by atoms with Crippen molar-refractivity contribution in [1.82, 2.24) is 25.2 Å². The van der Waals surface area contributed by atoms with E-state index in [1.54, 1.807) is 18.6 Å². The van der Waals surface area contributed by atoms with Gasteiger partial charge in [-0.2, -0.15) is 10.2 Å². The second kappa shape index (κ2) is 4.80. The van der Waals surface area contributed by atoms with Gasteiger partial charge in [0.1, 0.15) is 0 Å². The molecule has 16 heavy (non-hydrogen) atoms. The van der Waals surface area contributed by atoms with E-state index in [1.807, 2.05) is 10.7 Å². The Morgan fingerprint density at radius 1 is 1.31 bits per heavy atom. The third-order valence-corrected chi connectivity index (χ3v) is 2.37. The third-order valence-electron chi connectivity index (χ3n) is 2.37. The number of nitrogens with zero attached hydrogens (tertiary/aromatic N) is 5. The highest BCUT2D eigenvalue weighted by Gasteiger charge is 2.14. The molecule has 1 unspecified atom stereocenters. The summed E-state index contributed by atoms with van der Waals surface area (Å²) in [5, 5.41) is 15.4. The van der Waals surface area contributed by atoms with Gasteiger partial charge in [0.25, 0.3) is 0 Å². The summed E-state index contributed by atoms with van der Waals surface area (Å²) in [6, 6.07) is 1.60. The maximum absolute atomic E-state index is 6.12. The zero-order valence-corrected chi connectivity index (χ0v) is 9.11. The van der Waals surface area contributed by atoms with E-state index in [0.29, 0.717) is 0 Å². The Bertz CT molecular complexity index is 438. The number of aromatic nitrogens is 5. The molecule has 0 aliphatic rings. The lowest BCUT2D eigenvalue weighted by Gasteiger charge is -2.12. The molecule has 6 heteroatoms. The van der Waals surface area contributed by atoms with Crippen molar-refractivity contribution in [3.8, 4) is 0 Å². The molecular weight excluding hydrogens is 204 g/mol. The Hall–Kier alpha value is -1.82. The summed E-state index contributed by atoms with van der Waals surface area (Å²) < 4.78 is 1.82. The average Bonchev–Trinajstić information content (AvgIpc) is 2.78. The van der Waals surface area contributed by atoms with Gasteiger partial charge in [-0.05, 0) is 18.1 Å². The lowest BCUT2D eigenvalue weighted by Crippen LogP contribution is -2.17. The molecule has 2 N–H and O–H groups in total. The van der Waals surface area contributed by atoms with Crippen LogP contribution in [-0.4, -0.2) is 25.2 Å². The van der Waals surface area contributed by atoms with E-state index >= 15 is 0 Å². The highest BCUT2D eigenvalue weighted by Crippen LogP contribution is 2.16. The highest BCUT2D eigenvalue weighted by atomic mass is 15.4. The molecule has 0 radical (unpaired) electrons. The summed E-state index contributed by atoms with van der Waals surface area (Å²) >= 11 is 0. The number of nitrogens with two attached hydrogens (primary N) is 1. The average molecular weight is 218 g/mol. The molecule has 2 heterocycles. The summed E-state index contributed by atoms with van der Waals surface area (Å²) in [7, 11) is 0.